The van der Waals surface area contributed by atoms with Crippen LogP contribution in [-0.4, -0.2) is 26.7 Å². The summed E-state index contributed by atoms with van der Waals surface area (Å²) < 4.78 is 1.77. The number of carbonyl (C=O) groups is 1. The summed E-state index contributed by atoms with van der Waals surface area (Å²) in [6, 6.07) is 7.40. The first kappa shape index (κ1) is 18.1. The van der Waals surface area contributed by atoms with Gasteiger partial charge in [-0.1, -0.05) is 17.7 Å². The van der Waals surface area contributed by atoms with E-state index in [-0.39, 0.29) is 11.9 Å². The van der Waals surface area contributed by atoms with E-state index in [2.05, 4.69) is 21.5 Å². The molecule has 0 bridgehead atoms. The van der Waals surface area contributed by atoms with E-state index in [0.29, 0.717) is 22.8 Å². The van der Waals surface area contributed by atoms with Crippen molar-refractivity contribution in [2.75, 3.05) is 0 Å². The van der Waals surface area contributed by atoms with E-state index in [0.717, 1.165) is 16.8 Å². The number of thiazole rings is 1. The summed E-state index contributed by atoms with van der Waals surface area (Å²) in [4.78, 5) is 16.0. The van der Waals surface area contributed by atoms with Gasteiger partial charge in [-0.3, -0.25) is 9.48 Å². The minimum Gasteiger partial charge on any atom is -0.346 e. The quantitative estimate of drug-likeness (QED) is 0.726. The first-order chi connectivity index (χ1) is 12.5. The highest BCUT2D eigenvalue weighted by Crippen LogP contribution is 2.29. The lowest BCUT2D eigenvalue weighted by Gasteiger charge is -2.13. The third kappa shape index (κ3) is 3.77. The van der Waals surface area contributed by atoms with Crippen LogP contribution in [0.3, 0.4) is 0 Å². The average molecular weight is 386 g/mol. The number of rotatable bonds is 5. The van der Waals surface area contributed by atoms with E-state index in [1.807, 2.05) is 32.2 Å². The summed E-state index contributed by atoms with van der Waals surface area (Å²) in [6.45, 7) is 4.31. The molecule has 0 aliphatic carbocycles. The van der Waals surface area contributed by atoms with Gasteiger partial charge in [-0.2, -0.15) is 10.4 Å². The molecular weight excluding hydrogens is 370 g/mol. The van der Waals surface area contributed by atoms with Crippen molar-refractivity contribution in [1.29, 1.82) is 5.26 Å². The zero-order chi connectivity index (χ0) is 18.7. The molecule has 3 aromatic rings. The summed E-state index contributed by atoms with van der Waals surface area (Å²) >= 11 is 7.62. The van der Waals surface area contributed by atoms with Gasteiger partial charge in [0.25, 0.3) is 5.91 Å². The molecule has 0 saturated carbocycles. The molecule has 2 heterocycles. The summed E-state index contributed by atoms with van der Waals surface area (Å²) in [5.74, 6) is -0.194. The second-order valence-corrected chi connectivity index (χ2v) is 6.98. The van der Waals surface area contributed by atoms with Crippen LogP contribution in [0, 0.1) is 18.3 Å². The van der Waals surface area contributed by atoms with Crippen molar-refractivity contribution in [3.63, 3.8) is 0 Å². The highest BCUT2D eigenvalue weighted by molar-refractivity contribution is 7.07. The maximum absolute atomic E-state index is 12.0. The van der Waals surface area contributed by atoms with E-state index in [1.54, 1.807) is 21.6 Å². The molecule has 2 aromatic heterocycles. The van der Waals surface area contributed by atoms with Crippen molar-refractivity contribution in [2.45, 2.75) is 26.4 Å². The molecular formula is C18H16ClN5OS. The first-order valence-electron chi connectivity index (χ1n) is 7.91. The Kier molecular flexibility index (Phi) is 5.35. The van der Waals surface area contributed by atoms with Crippen LogP contribution in [0.1, 0.15) is 28.5 Å². The van der Waals surface area contributed by atoms with Gasteiger partial charge in [0.15, 0.2) is 0 Å². The van der Waals surface area contributed by atoms with Crippen molar-refractivity contribution in [1.82, 2.24) is 20.1 Å². The van der Waals surface area contributed by atoms with Crippen LogP contribution in [0.25, 0.3) is 11.3 Å². The van der Waals surface area contributed by atoms with Gasteiger partial charge in [0.1, 0.15) is 11.8 Å². The van der Waals surface area contributed by atoms with E-state index in [1.165, 1.54) is 11.3 Å². The SMILES string of the molecule is Cc1c(-c2ccn(CC(C)NC(=O)c3cscn3)n2)ccc(C#N)c1Cl. The number of benzene rings is 1. The lowest BCUT2D eigenvalue weighted by atomic mass is 10.0. The lowest BCUT2D eigenvalue weighted by Crippen LogP contribution is -2.35. The number of hydrogen-bond acceptors (Lipinski definition) is 5. The maximum atomic E-state index is 12.0. The monoisotopic (exact) mass is 385 g/mol. The van der Waals surface area contributed by atoms with Gasteiger partial charge < -0.3 is 5.32 Å². The molecule has 1 aromatic carbocycles. The van der Waals surface area contributed by atoms with Crippen molar-refractivity contribution in [3.8, 4) is 17.3 Å². The zero-order valence-corrected chi connectivity index (χ0v) is 15.8. The van der Waals surface area contributed by atoms with Crippen LogP contribution in [-0.2, 0) is 6.54 Å². The standard InChI is InChI=1S/C18H16ClN5OS/c1-11(22-18(25)16-9-26-10-21-16)8-24-6-5-15(23-24)14-4-3-13(7-20)17(19)12(14)2/h3-6,9-11H,8H2,1-2H3,(H,22,25). The molecule has 0 saturated heterocycles. The third-order valence-electron chi connectivity index (χ3n) is 3.93. The van der Waals surface area contributed by atoms with E-state index in [9.17, 15) is 4.79 Å². The van der Waals surface area contributed by atoms with Gasteiger partial charge in [-0.25, -0.2) is 4.98 Å². The first-order valence-corrected chi connectivity index (χ1v) is 9.23. The largest absolute Gasteiger partial charge is 0.346 e. The van der Waals surface area contributed by atoms with Crippen LogP contribution in [0.4, 0.5) is 0 Å². The van der Waals surface area contributed by atoms with Crippen molar-refractivity contribution >= 4 is 28.8 Å². The second-order valence-electron chi connectivity index (χ2n) is 5.88. The zero-order valence-electron chi connectivity index (χ0n) is 14.2. The van der Waals surface area contributed by atoms with Crippen molar-refractivity contribution < 1.29 is 4.79 Å². The molecule has 26 heavy (non-hydrogen) atoms. The smallest absolute Gasteiger partial charge is 0.271 e. The molecule has 0 radical (unpaired) electrons. The Morgan fingerprint density at radius 3 is 2.96 bits per heavy atom. The molecule has 6 nitrogen and oxygen atoms in total. The minimum atomic E-state index is -0.194. The molecule has 3 rings (SSSR count). The molecule has 132 valence electrons. The summed E-state index contributed by atoms with van der Waals surface area (Å²) in [5, 5.41) is 18.7. The van der Waals surface area contributed by atoms with Gasteiger partial charge >= 0.3 is 0 Å². The van der Waals surface area contributed by atoms with Gasteiger partial charge in [0.2, 0.25) is 0 Å². The topological polar surface area (TPSA) is 83.6 Å². The van der Waals surface area contributed by atoms with Crippen molar-refractivity contribution in [2.24, 2.45) is 0 Å². The van der Waals surface area contributed by atoms with E-state index < -0.39 is 0 Å². The predicted molar refractivity (Wildman–Crippen MR) is 101 cm³/mol. The Hall–Kier alpha value is -2.69. The van der Waals surface area contributed by atoms with Gasteiger partial charge in [0, 0.05) is 23.2 Å². The average Bonchev–Trinajstić information content (AvgIpc) is 3.29. The van der Waals surface area contributed by atoms with Crippen molar-refractivity contribution in [3.05, 3.63) is 57.1 Å². The maximum Gasteiger partial charge on any atom is 0.271 e. The highest BCUT2D eigenvalue weighted by Gasteiger charge is 2.14. The molecule has 1 N–H and O–H groups in total. The van der Waals surface area contributed by atoms with Crippen LogP contribution < -0.4 is 5.32 Å². The fraction of sp³-hybridized carbons (Fsp3) is 0.222. The number of amides is 1. The van der Waals surface area contributed by atoms with Crippen LogP contribution in [0.2, 0.25) is 5.02 Å². The fourth-order valence-electron chi connectivity index (χ4n) is 2.60. The molecule has 0 fully saturated rings. The number of nitrogens with one attached hydrogen (secondary N) is 1. The van der Waals surface area contributed by atoms with E-state index in [4.69, 9.17) is 16.9 Å². The molecule has 0 aliphatic rings. The molecule has 0 spiro atoms. The Morgan fingerprint density at radius 2 is 2.27 bits per heavy atom. The third-order valence-corrected chi connectivity index (χ3v) is 5.00. The number of halogens is 1. The molecule has 1 atom stereocenters. The normalized spacial score (nSPS) is 11.8. The number of hydrogen-bond donors (Lipinski definition) is 1. The molecule has 1 unspecified atom stereocenters. The van der Waals surface area contributed by atoms with Crippen LogP contribution in [0.5, 0.6) is 0 Å². The summed E-state index contributed by atoms with van der Waals surface area (Å²) in [5.41, 5.74) is 4.97. The molecule has 1 amide bonds. The van der Waals surface area contributed by atoms with Gasteiger partial charge in [0.05, 0.1) is 28.3 Å². The number of nitriles is 1. The lowest BCUT2D eigenvalue weighted by molar-refractivity contribution is 0.0931. The minimum absolute atomic E-state index is 0.109. The Labute approximate surface area is 160 Å². The molecule has 8 heteroatoms. The number of aromatic nitrogens is 3. The van der Waals surface area contributed by atoms with Crippen LogP contribution >= 0.6 is 22.9 Å². The number of nitrogens with zero attached hydrogens (tertiary/aromatic N) is 4. The Morgan fingerprint density at radius 1 is 1.46 bits per heavy atom. The highest BCUT2D eigenvalue weighted by atomic mass is 35.5. The predicted octanol–water partition coefficient (Wildman–Crippen LogP) is 3.66. The Bertz CT molecular complexity index is 974. The fourth-order valence-corrected chi connectivity index (χ4v) is 3.34. The van der Waals surface area contributed by atoms with Gasteiger partial charge in [-0.15, -0.1) is 11.3 Å². The van der Waals surface area contributed by atoms with E-state index >= 15 is 0 Å². The Balaban J connectivity index is 1.71. The van der Waals surface area contributed by atoms with Crippen LogP contribution in [0.15, 0.2) is 35.3 Å². The second kappa shape index (κ2) is 7.68. The van der Waals surface area contributed by atoms with Gasteiger partial charge in [-0.05, 0) is 31.5 Å². The molecule has 0 aliphatic heterocycles. The summed E-state index contributed by atoms with van der Waals surface area (Å²) in [7, 11) is 0. The summed E-state index contributed by atoms with van der Waals surface area (Å²) in [6.07, 6.45) is 1.85. The number of carbonyl (C=O) groups excluding carboxylic acids is 1.